The summed E-state index contributed by atoms with van der Waals surface area (Å²) >= 11 is 0. The van der Waals surface area contributed by atoms with E-state index in [0.29, 0.717) is 18.0 Å². The van der Waals surface area contributed by atoms with Gasteiger partial charge in [0.05, 0.1) is 16.9 Å². The number of hydrogen-bond acceptors (Lipinski definition) is 3. The molecule has 134 valence electrons. The zero-order valence-electron chi connectivity index (χ0n) is 15.4. The molecule has 1 aliphatic carbocycles. The molecular weight excluding hydrogens is 310 g/mol. The van der Waals surface area contributed by atoms with Gasteiger partial charge >= 0.3 is 0 Å². The summed E-state index contributed by atoms with van der Waals surface area (Å²) in [5.41, 5.74) is 1.03. The Kier molecular flexibility index (Phi) is 4.63. The van der Waals surface area contributed by atoms with E-state index in [-0.39, 0.29) is 5.56 Å². The Labute approximate surface area is 149 Å². The predicted molar refractivity (Wildman–Crippen MR) is 102 cm³/mol. The molecule has 1 aromatic heterocycles. The highest BCUT2D eigenvalue weighted by Gasteiger charge is 2.33. The topological polar surface area (TPSA) is 38.1 Å². The van der Waals surface area contributed by atoms with Crippen molar-refractivity contribution in [1.82, 2.24) is 14.5 Å². The van der Waals surface area contributed by atoms with Gasteiger partial charge in [0.15, 0.2) is 0 Å². The summed E-state index contributed by atoms with van der Waals surface area (Å²) in [6.07, 6.45) is 7.00. The molecule has 4 rings (SSSR count). The van der Waals surface area contributed by atoms with Crippen LogP contribution in [0, 0.1) is 5.92 Å². The molecular formula is C21H29N3O. The van der Waals surface area contributed by atoms with Crippen molar-refractivity contribution in [3.8, 4) is 0 Å². The Morgan fingerprint density at radius 2 is 1.88 bits per heavy atom. The number of fused-ring (bicyclic) bond motifs is 1. The van der Waals surface area contributed by atoms with E-state index < -0.39 is 0 Å². The molecule has 0 bridgehead atoms. The highest BCUT2D eigenvalue weighted by atomic mass is 16.1. The molecule has 4 nitrogen and oxygen atoms in total. The number of likely N-dealkylation sites (tertiary alicyclic amines) is 1. The molecule has 0 radical (unpaired) electrons. The van der Waals surface area contributed by atoms with Crippen LogP contribution in [0.5, 0.6) is 0 Å². The van der Waals surface area contributed by atoms with Crippen LogP contribution in [0.25, 0.3) is 10.9 Å². The smallest absolute Gasteiger partial charge is 0.261 e. The minimum absolute atomic E-state index is 0.170. The molecule has 25 heavy (non-hydrogen) atoms. The molecule has 1 saturated carbocycles. The molecule has 1 unspecified atom stereocenters. The fraction of sp³-hybridized carbons (Fsp3) is 0.619. The van der Waals surface area contributed by atoms with Crippen molar-refractivity contribution in [3.63, 3.8) is 0 Å². The van der Waals surface area contributed by atoms with Gasteiger partial charge in [-0.05, 0) is 50.3 Å². The summed E-state index contributed by atoms with van der Waals surface area (Å²) in [7, 11) is 0. The lowest BCUT2D eigenvalue weighted by molar-refractivity contribution is 0.213. The van der Waals surface area contributed by atoms with Gasteiger partial charge < -0.3 is 0 Å². The Bertz CT molecular complexity index is 804. The lowest BCUT2D eigenvalue weighted by Crippen LogP contribution is -2.35. The van der Waals surface area contributed by atoms with Crippen LogP contribution in [0.15, 0.2) is 29.1 Å². The number of aromatic nitrogens is 2. The van der Waals surface area contributed by atoms with Gasteiger partial charge in [0.2, 0.25) is 0 Å². The second-order valence-corrected chi connectivity index (χ2v) is 8.15. The molecule has 2 aliphatic rings. The molecule has 2 heterocycles. The second kappa shape index (κ2) is 6.91. The average Bonchev–Trinajstić information content (AvgIpc) is 3.26. The van der Waals surface area contributed by atoms with Crippen molar-refractivity contribution in [2.45, 2.75) is 64.5 Å². The molecule has 1 aliphatic heterocycles. The van der Waals surface area contributed by atoms with E-state index in [1.165, 1.54) is 19.3 Å². The summed E-state index contributed by atoms with van der Waals surface area (Å²) in [5.74, 6) is 1.65. The number of rotatable bonds is 4. The van der Waals surface area contributed by atoms with E-state index >= 15 is 0 Å². The Balaban J connectivity index is 1.86. The fourth-order valence-electron chi connectivity index (χ4n) is 4.72. The van der Waals surface area contributed by atoms with Crippen LogP contribution in [0.3, 0.4) is 0 Å². The summed E-state index contributed by atoms with van der Waals surface area (Å²) in [5, 5.41) is 0.770. The zero-order valence-corrected chi connectivity index (χ0v) is 15.4. The van der Waals surface area contributed by atoms with Crippen molar-refractivity contribution in [1.29, 1.82) is 0 Å². The molecule has 1 saturated heterocycles. The van der Waals surface area contributed by atoms with Gasteiger partial charge in [0.1, 0.15) is 5.82 Å². The lowest BCUT2D eigenvalue weighted by atomic mass is 10.1. The Hall–Kier alpha value is -1.68. The van der Waals surface area contributed by atoms with Gasteiger partial charge in [-0.25, -0.2) is 4.98 Å². The van der Waals surface area contributed by atoms with Gasteiger partial charge in [-0.3, -0.25) is 14.3 Å². The molecule has 2 aromatic rings. The first-order valence-corrected chi connectivity index (χ1v) is 9.90. The van der Waals surface area contributed by atoms with Gasteiger partial charge in [0, 0.05) is 12.6 Å². The number of para-hydroxylation sites is 1. The minimum Gasteiger partial charge on any atom is -0.293 e. The molecule has 0 spiro atoms. The standard InChI is InChI=1S/C21H29N3O/c1-15(2)14-23-13-7-12-19(23)20-22-18-11-6-5-10-17(18)21(25)24(20)16-8-3-4-9-16/h5-6,10-11,15-16,19H,3-4,7-9,12-14H2,1-2H3. The van der Waals surface area contributed by atoms with Crippen molar-refractivity contribution in [3.05, 3.63) is 40.4 Å². The first-order valence-electron chi connectivity index (χ1n) is 9.90. The highest BCUT2D eigenvalue weighted by Crippen LogP contribution is 2.36. The van der Waals surface area contributed by atoms with Crippen molar-refractivity contribution in [2.75, 3.05) is 13.1 Å². The van der Waals surface area contributed by atoms with E-state index in [1.54, 1.807) is 0 Å². The van der Waals surface area contributed by atoms with Gasteiger partial charge in [-0.1, -0.05) is 38.8 Å². The summed E-state index contributed by atoms with van der Waals surface area (Å²) in [4.78, 5) is 20.9. The summed E-state index contributed by atoms with van der Waals surface area (Å²) in [6.45, 7) is 6.74. The van der Waals surface area contributed by atoms with Crippen LogP contribution in [0.4, 0.5) is 0 Å². The maximum Gasteiger partial charge on any atom is 0.261 e. The maximum atomic E-state index is 13.3. The lowest BCUT2D eigenvalue weighted by Gasteiger charge is -2.29. The van der Waals surface area contributed by atoms with Crippen LogP contribution >= 0.6 is 0 Å². The number of nitrogens with zero attached hydrogens (tertiary/aromatic N) is 3. The number of hydrogen-bond donors (Lipinski definition) is 0. The van der Waals surface area contributed by atoms with E-state index in [9.17, 15) is 4.79 Å². The van der Waals surface area contributed by atoms with E-state index in [4.69, 9.17) is 4.98 Å². The fourth-order valence-corrected chi connectivity index (χ4v) is 4.72. The van der Waals surface area contributed by atoms with E-state index in [0.717, 1.165) is 49.1 Å². The molecule has 0 N–H and O–H groups in total. The van der Waals surface area contributed by atoms with Crippen molar-refractivity contribution in [2.24, 2.45) is 5.92 Å². The Morgan fingerprint density at radius 3 is 2.64 bits per heavy atom. The Morgan fingerprint density at radius 1 is 1.12 bits per heavy atom. The third kappa shape index (κ3) is 3.12. The largest absolute Gasteiger partial charge is 0.293 e. The van der Waals surface area contributed by atoms with E-state index in [1.807, 2.05) is 24.3 Å². The SMILES string of the molecule is CC(C)CN1CCCC1c1nc2ccccc2c(=O)n1C1CCCC1. The zero-order chi connectivity index (χ0) is 17.4. The van der Waals surface area contributed by atoms with Gasteiger partial charge in [-0.2, -0.15) is 0 Å². The third-order valence-corrected chi connectivity index (χ3v) is 5.79. The summed E-state index contributed by atoms with van der Waals surface area (Å²) < 4.78 is 2.08. The van der Waals surface area contributed by atoms with Crippen molar-refractivity contribution < 1.29 is 0 Å². The second-order valence-electron chi connectivity index (χ2n) is 8.15. The van der Waals surface area contributed by atoms with Crippen LogP contribution in [-0.2, 0) is 0 Å². The average molecular weight is 339 g/mol. The molecule has 1 aromatic carbocycles. The highest BCUT2D eigenvalue weighted by molar-refractivity contribution is 5.77. The molecule has 0 amide bonds. The van der Waals surface area contributed by atoms with E-state index in [2.05, 4.69) is 23.3 Å². The van der Waals surface area contributed by atoms with Crippen LogP contribution in [0.1, 0.15) is 70.3 Å². The van der Waals surface area contributed by atoms with Crippen LogP contribution < -0.4 is 5.56 Å². The monoisotopic (exact) mass is 339 g/mol. The molecule has 1 atom stereocenters. The minimum atomic E-state index is 0.170. The normalized spacial score (nSPS) is 22.4. The maximum absolute atomic E-state index is 13.3. The quantitative estimate of drug-likeness (QED) is 0.833. The van der Waals surface area contributed by atoms with Gasteiger partial charge in [0.25, 0.3) is 5.56 Å². The van der Waals surface area contributed by atoms with Crippen molar-refractivity contribution >= 4 is 10.9 Å². The molecule has 2 fully saturated rings. The van der Waals surface area contributed by atoms with Crippen LogP contribution in [-0.4, -0.2) is 27.5 Å². The van der Waals surface area contributed by atoms with Crippen LogP contribution in [0.2, 0.25) is 0 Å². The predicted octanol–water partition coefficient (Wildman–Crippen LogP) is 4.30. The third-order valence-electron chi connectivity index (χ3n) is 5.79. The first-order chi connectivity index (χ1) is 12.1. The molecule has 4 heteroatoms. The number of benzene rings is 1. The first kappa shape index (κ1) is 16.8. The summed E-state index contributed by atoms with van der Waals surface area (Å²) in [6, 6.07) is 8.48. The van der Waals surface area contributed by atoms with Gasteiger partial charge in [-0.15, -0.1) is 0 Å².